The summed E-state index contributed by atoms with van der Waals surface area (Å²) in [5, 5.41) is 20.2. The van der Waals surface area contributed by atoms with Crippen LogP contribution >= 0.6 is 0 Å². The molecule has 28 heavy (non-hydrogen) atoms. The number of ether oxygens (including phenoxy) is 1. The molecule has 0 heterocycles. The number of likely N-dealkylation sites (N-methyl/N-ethyl adjacent to an activating group) is 1. The first-order valence-electron chi connectivity index (χ1n) is 8.68. The van der Waals surface area contributed by atoms with Gasteiger partial charge in [0.2, 0.25) is 0 Å². The molecular formula is C20H22F3NO4. The molecule has 0 radical (unpaired) electrons. The average molecular weight is 397 g/mol. The lowest BCUT2D eigenvalue weighted by atomic mass is 10.1. The first kappa shape index (κ1) is 21.6. The second-order valence-corrected chi connectivity index (χ2v) is 6.34. The summed E-state index contributed by atoms with van der Waals surface area (Å²) in [5.41, 5.74) is -0.0111. The number of benzene rings is 2. The highest BCUT2D eigenvalue weighted by molar-refractivity contribution is 5.97. The van der Waals surface area contributed by atoms with Gasteiger partial charge in [-0.2, -0.15) is 13.2 Å². The molecule has 2 aromatic carbocycles. The maximum atomic E-state index is 12.5. The molecule has 1 atom stereocenters. The SMILES string of the molecule is CCc1cccc(C(=O)N(C)CC(O)COc2ccc(C(F)(F)F)cc2)c1O. The Labute approximate surface area is 161 Å². The highest BCUT2D eigenvalue weighted by Gasteiger charge is 2.30. The third-order valence-electron chi connectivity index (χ3n) is 4.19. The second kappa shape index (κ2) is 8.97. The minimum absolute atomic E-state index is 0.0741. The van der Waals surface area contributed by atoms with Gasteiger partial charge in [0, 0.05) is 13.6 Å². The average Bonchev–Trinajstić information content (AvgIpc) is 2.65. The van der Waals surface area contributed by atoms with E-state index in [2.05, 4.69) is 0 Å². The van der Waals surface area contributed by atoms with Crippen molar-refractivity contribution in [2.45, 2.75) is 25.6 Å². The number of aryl methyl sites for hydroxylation is 1. The third kappa shape index (κ3) is 5.39. The van der Waals surface area contributed by atoms with Crippen molar-refractivity contribution in [3.8, 4) is 11.5 Å². The quantitative estimate of drug-likeness (QED) is 0.751. The zero-order chi connectivity index (χ0) is 20.9. The number of alkyl halides is 3. The molecular weight excluding hydrogens is 375 g/mol. The molecule has 0 saturated carbocycles. The molecule has 8 heteroatoms. The predicted octanol–water partition coefficient (Wildman–Crippen LogP) is 3.49. The van der Waals surface area contributed by atoms with E-state index in [1.165, 1.54) is 30.1 Å². The summed E-state index contributed by atoms with van der Waals surface area (Å²) in [6.45, 7) is 1.58. The van der Waals surface area contributed by atoms with Gasteiger partial charge in [0.15, 0.2) is 0 Å². The molecule has 2 aromatic rings. The van der Waals surface area contributed by atoms with Gasteiger partial charge in [0.1, 0.15) is 24.2 Å². The highest BCUT2D eigenvalue weighted by Crippen LogP contribution is 2.30. The lowest BCUT2D eigenvalue weighted by Crippen LogP contribution is -2.37. The van der Waals surface area contributed by atoms with Gasteiger partial charge >= 0.3 is 6.18 Å². The molecule has 0 spiro atoms. The number of halogens is 3. The van der Waals surface area contributed by atoms with Crippen molar-refractivity contribution in [1.82, 2.24) is 4.90 Å². The smallest absolute Gasteiger partial charge is 0.416 e. The molecule has 1 amide bonds. The molecule has 2 rings (SSSR count). The molecule has 152 valence electrons. The molecule has 0 aliphatic heterocycles. The number of aliphatic hydroxyl groups excluding tert-OH is 1. The minimum Gasteiger partial charge on any atom is -0.507 e. The highest BCUT2D eigenvalue weighted by atomic mass is 19.4. The molecule has 0 saturated heterocycles. The topological polar surface area (TPSA) is 70.0 Å². The number of hydrogen-bond donors (Lipinski definition) is 2. The number of phenols is 1. The van der Waals surface area contributed by atoms with E-state index in [1.54, 1.807) is 12.1 Å². The van der Waals surface area contributed by atoms with Crippen LogP contribution in [0.2, 0.25) is 0 Å². The van der Waals surface area contributed by atoms with Crippen molar-refractivity contribution in [2.75, 3.05) is 20.2 Å². The van der Waals surface area contributed by atoms with Crippen molar-refractivity contribution in [3.05, 3.63) is 59.2 Å². The van der Waals surface area contributed by atoms with E-state index in [4.69, 9.17) is 4.74 Å². The molecule has 0 aromatic heterocycles. The zero-order valence-electron chi connectivity index (χ0n) is 15.5. The van der Waals surface area contributed by atoms with E-state index in [1.807, 2.05) is 6.92 Å². The van der Waals surface area contributed by atoms with Gasteiger partial charge < -0.3 is 19.8 Å². The van der Waals surface area contributed by atoms with Crippen molar-refractivity contribution >= 4 is 5.91 Å². The Balaban J connectivity index is 1.92. The van der Waals surface area contributed by atoms with Crippen LogP contribution < -0.4 is 4.74 Å². The summed E-state index contributed by atoms with van der Waals surface area (Å²) in [6, 6.07) is 9.00. The van der Waals surface area contributed by atoms with E-state index in [0.29, 0.717) is 12.0 Å². The number of hydrogen-bond acceptors (Lipinski definition) is 4. The number of carbonyl (C=O) groups is 1. The molecule has 0 fully saturated rings. The van der Waals surface area contributed by atoms with Crippen molar-refractivity contribution < 1.29 is 32.9 Å². The number of aromatic hydroxyl groups is 1. The monoisotopic (exact) mass is 397 g/mol. The van der Waals surface area contributed by atoms with Crippen molar-refractivity contribution in [2.24, 2.45) is 0 Å². The van der Waals surface area contributed by atoms with Crippen LogP contribution in [-0.2, 0) is 12.6 Å². The number of para-hydroxylation sites is 1. The number of aliphatic hydroxyl groups is 1. The predicted molar refractivity (Wildman–Crippen MR) is 97.4 cm³/mol. The summed E-state index contributed by atoms with van der Waals surface area (Å²) in [7, 11) is 1.47. The van der Waals surface area contributed by atoms with E-state index >= 15 is 0 Å². The fraction of sp³-hybridized carbons (Fsp3) is 0.350. The maximum absolute atomic E-state index is 12.5. The van der Waals surface area contributed by atoms with Crippen LogP contribution in [0.5, 0.6) is 11.5 Å². The third-order valence-corrected chi connectivity index (χ3v) is 4.19. The Morgan fingerprint density at radius 3 is 2.39 bits per heavy atom. The van der Waals surface area contributed by atoms with Gasteiger partial charge in [-0.3, -0.25) is 4.79 Å². The van der Waals surface area contributed by atoms with Gasteiger partial charge in [-0.1, -0.05) is 19.1 Å². The lowest BCUT2D eigenvalue weighted by molar-refractivity contribution is -0.137. The Hall–Kier alpha value is -2.74. The van der Waals surface area contributed by atoms with Crippen LogP contribution in [0.4, 0.5) is 13.2 Å². The Bertz CT molecular complexity index is 806. The Morgan fingerprint density at radius 1 is 1.18 bits per heavy atom. The van der Waals surface area contributed by atoms with Crippen LogP contribution in [0.15, 0.2) is 42.5 Å². The fourth-order valence-corrected chi connectivity index (χ4v) is 2.64. The van der Waals surface area contributed by atoms with Crippen molar-refractivity contribution in [3.63, 3.8) is 0 Å². The normalized spacial score (nSPS) is 12.5. The largest absolute Gasteiger partial charge is 0.507 e. The Kier molecular flexibility index (Phi) is 6.90. The minimum atomic E-state index is -4.43. The van der Waals surface area contributed by atoms with Crippen LogP contribution in [0.1, 0.15) is 28.4 Å². The van der Waals surface area contributed by atoms with E-state index in [0.717, 1.165) is 12.1 Å². The summed E-state index contributed by atoms with van der Waals surface area (Å²) >= 11 is 0. The summed E-state index contributed by atoms with van der Waals surface area (Å²) < 4.78 is 42.9. The zero-order valence-corrected chi connectivity index (χ0v) is 15.5. The molecule has 2 N–H and O–H groups in total. The van der Waals surface area contributed by atoms with E-state index < -0.39 is 23.8 Å². The number of nitrogens with zero attached hydrogens (tertiary/aromatic N) is 1. The first-order valence-corrected chi connectivity index (χ1v) is 8.68. The Morgan fingerprint density at radius 2 is 1.82 bits per heavy atom. The molecule has 0 bridgehead atoms. The molecule has 1 unspecified atom stereocenters. The van der Waals surface area contributed by atoms with Crippen molar-refractivity contribution in [1.29, 1.82) is 0 Å². The lowest BCUT2D eigenvalue weighted by Gasteiger charge is -2.22. The fourth-order valence-electron chi connectivity index (χ4n) is 2.64. The van der Waals surface area contributed by atoms with Gasteiger partial charge in [0.25, 0.3) is 5.91 Å². The van der Waals surface area contributed by atoms with Crippen LogP contribution in [0.25, 0.3) is 0 Å². The van der Waals surface area contributed by atoms with Gasteiger partial charge in [-0.05, 0) is 42.3 Å². The molecule has 0 aliphatic carbocycles. The van der Waals surface area contributed by atoms with Gasteiger partial charge in [-0.15, -0.1) is 0 Å². The number of carbonyl (C=O) groups excluding carboxylic acids is 1. The summed E-state index contributed by atoms with van der Waals surface area (Å²) in [4.78, 5) is 13.7. The van der Waals surface area contributed by atoms with E-state index in [-0.39, 0.29) is 30.2 Å². The first-order chi connectivity index (χ1) is 13.1. The number of phenolic OH excluding ortho intramolecular Hbond substituents is 1. The standard InChI is InChI=1S/C20H22F3NO4/c1-3-13-5-4-6-17(18(13)26)19(27)24(2)11-15(25)12-28-16-9-7-14(8-10-16)20(21,22)23/h4-10,15,25-26H,3,11-12H2,1-2H3. The van der Waals surface area contributed by atoms with Crippen LogP contribution in [0, 0.1) is 0 Å². The van der Waals surface area contributed by atoms with Gasteiger partial charge in [0.05, 0.1) is 11.1 Å². The molecule has 0 aliphatic rings. The molecule has 5 nitrogen and oxygen atoms in total. The van der Waals surface area contributed by atoms with E-state index in [9.17, 15) is 28.2 Å². The second-order valence-electron chi connectivity index (χ2n) is 6.34. The summed E-state index contributed by atoms with van der Waals surface area (Å²) in [5.74, 6) is -0.368. The van der Waals surface area contributed by atoms with Gasteiger partial charge in [-0.25, -0.2) is 0 Å². The number of amides is 1. The maximum Gasteiger partial charge on any atom is 0.416 e. The van der Waals surface area contributed by atoms with Crippen LogP contribution in [-0.4, -0.2) is 47.3 Å². The summed E-state index contributed by atoms with van der Waals surface area (Å²) in [6.07, 6.45) is -4.92. The van der Waals surface area contributed by atoms with Crippen LogP contribution in [0.3, 0.4) is 0 Å². The number of rotatable bonds is 7.